The fraction of sp³-hybridized carbons (Fsp3) is 0.300. The molecule has 76 valence electrons. The van der Waals surface area contributed by atoms with Crippen LogP contribution in [-0.4, -0.2) is 17.3 Å². The van der Waals surface area contributed by atoms with Crippen molar-refractivity contribution in [3.05, 3.63) is 28.2 Å². The van der Waals surface area contributed by atoms with Crippen LogP contribution in [0.15, 0.2) is 27.6 Å². The largest absolute Gasteiger partial charge is 0.481 e. The van der Waals surface area contributed by atoms with Crippen LogP contribution < -0.4 is 0 Å². The molecule has 0 aromatic heterocycles. The molecule has 0 bridgehead atoms. The van der Waals surface area contributed by atoms with Gasteiger partial charge in [0.2, 0.25) is 0 Å². The van der Waals surface area contributed by atoms with Crippen molar-refractivity contribution >= 4 is 33.7 Å². The van der Waals surface area contributed by atoms with E-state index >= 15 is 0 Å². The van der Waals surface area contributed by atoms with Gasteiger partial charge in [-0.3, -0.25) is 4.79 Å². The van der Waals surface area contributed by atoms with E-state index in [2.05, 4.69) is 15.9 Å². The lowest BCUT2D eigenvalue weighted by Crippen LogP contribution is -2.08. The van der Waals surface area contributed by atoms with Gasteiger partial charge in [0, 0.05) is 9.37 Å². The number of rotatable bonds is 3. The van der Waals surface area contributed by atoms with Crippen molar-refractivity contribution in [2.45, 2.75) is 17.7 Å². The van der Waals surface area contributed by atoms with Crippen molar-refractivity contribution in [3.8, 4) is 0 Å². The number of benzene rings is 1. The van der Waals surface area contributed by atoms with E-state index in [1.54, 1.807) is 18.7 Å². The maximum Gasteiger partial charge on any atom is 0.310 e. The van der Waals surface area contributed by atoms with E-state index in [4.69, 9.17) is 5.11 Å². The van der Waals surface area contributed by atoms with E-state index in [-0.39, 0.29) is 0 Å². The Bertz CT molecular complexity index is 352. The summed E-state index contributed by atoms with van der Waals surface area (Å²) in [7, 11) is 0. The van der Waals surface area contributed by atoms with Crippen LogP contribution in [0.4, 0.5) is 0 Å². The molecule has 0 saturated carbocycles. The first-order chi connectivity index (χ1) is 6.56. The zero-order chi connectivity index (χ0) is 10.7. The van der Waals surface area contributed by atoms with E-state index in [0.29, 0.717) is 0 Å². The Labute approximate surface area is 95.8 Å². The maximum absolute atomic E-state index is 10.9. The molecule has 0 saturated heterocycles. The molecule has 1 unspecified atom stereocenters. The van der Waals surface area contributed by atoms with E-state index in [1.165, 1.54) is 0 Å². The Morgan fingerprint density at radius 1 is 1.57 bits per heavy atom. The molecular formula is C10H11BrO2S. The summed E-state index contributed by atoms with van der Waals surface area (Å²) >= 11 is 4.91. The Morgan fingerprint density at radius 3 is 2.71 bits per heavy atom. The number of carboxylic acid groups (broad SMARTS) is 1. The van der Waals surface area contributed by atoms with E-state index in [1.807, 2.05) is 24.5 Å². The minimum atomic E-state index is -0.793. The molecule has 0 spiro atoms. The van der Waals surface area contributed by atoms with Crippen molar-refractivity contribution in [3.63, 3.8) is 0 Å². The molecule has 1 atom stereocenters. The zero-order valence-electron chi connectivity index (χ0n) is 7.95. The van der Waals surface area contributed by atoms with E-state index in [0.717, 1.165) is 14.9 Å². The van der Waals surface area contributed by atoms with Gasteiger partial charge in [-0.25, -0.2) is 0 Å². The smallest absolute Gasteiger partial charge is 0.310 e. The van der Waals surface area contributed by atoms with Crippen LogP contribution in [0.1, 0.15) is 18.4 Å². The molecule has 0 aliphatic carbocycles. The van der Waals surface area contributed by atoms with Gasteiger partial charge in [0.1, 0.15) is 0 Å². The second-order valence-corrected chi connectivity index (χ2v) is 4.71. The molecule has 1 aromatic carbocycles. The average molecular weight is 275 g/mol. The first-order valence-electron chi connectivity index (χ1n) is 4.12. The monoisotopic (exact) mass is 274 g/mol. The molecule has 0 aliphatic rings. The second kappa shape index (κ2) is 4.84. The van der Waals surface area contributed by atoms with Gasteiger partial charge >= 0.3 is 5.97 Å². The summed E-state index contributed by atoms with van der Waals surface area (Å²) in [6.45, 7) is 1.70. The highest BCUT2D eigenvalue weighted by Gasteiger charge is 2.17. The number of carbonyl (C=O) groups is 1. The summed E-state index contributed by atoms with van der Waals surface area (Å²) in [5.74, 6) is -1.26. The van der Waals surface area contributed by atoms with Gasteiger partial charge in [-0.1, -0.05) is 15.9 Å². The highest BCUT2D eigenvalue weighted by atomic mass is 79.9. The van der Waals surface area contributed by atoms with Crippen LogP contribution >= 0.6 is 27.7 Å². The summed E-state index contributed by atoms with van der Waals surface area (Å²) in [5, 5.41) is 8.92. The predicted molar refractivity (Wildman–Crippen MR) is 62.0 cm³/mol. The van der Waals surface area contributed by atoms with Gasteiger partial charge < -0.3 is 5.11 Å². The Kier molecular flexibility index (Phi) is 4.01. The van der Waals surface area contributed by atoms with Crippen LogP contribution in [0.25, 0.3) is 0 Å². The molecule has 4 heteroatoms. The van der Waals surface area contributed by atoms with Gasteiger partial charge in [-0.05, 0) is 36.9 Å². The van der Waals surface area contributed by atoms with E-state index in [9.17, 15) is 4.79 Å². The standard InChI is InChI=1S/C10H11BrO2S/c1-6(10(12)13)8-5-7(11)3-4-9(8)14-2/h3-6H,1-2H3,(H,12,13). The summed E-state index contributed by atoms with van der Waals surface area (Å²) in [6.07, 6.45) is 1.95. The summed E-state index contributed by atoms with van der Waals surface area (Å²) in [4.78, 5) is 11.9. The molecule has 14 heavy (non-hydrogen) atoms. The number of aliphatic carboxylic acids is 1. The molecule has 0 aliphatic heterocycles. The van der Waals surface area contributed by atoms with Crippen LogP contribution in [0.3, 0.4) is 0 Å². The average Bonchev–Trinajstić information content (AvgIpc) is 2.16. The summed E-state index contributed by atoms with van der Waals surface area (Å²) in [6, 6.07) is 5.72. The highest BCUT2D eigenvalue weighted by molar-refractivity contribution is 9.10. The lowest BCUT2D eigenvalue weighted by molar-refractivity contribution is -0.138. The number of thioether (sulfide) groups is 1. The molecule has 1 rings (SSSR count). The number of halogens is 1. The zero-order valence-corrected chi connectivity index (χ0v) is 10.4. The molecule has 1 N–H and O–H groups in total. The summed E-state index contributed by atoms with van der Waals surface area (Å²) < 4.78 is 0.915. The molecule has 0 fully saturated rings. The molecule has 1 aromatic rings. The van der Waals surface area contributed by atoms with Gasteiger partial charge in [-0.2, -0.15) is 0 Å². The topological polar surface area (TPSA) is 37.3 Å². The third-order valence-electron chi connectivity index (χ3n) is 2.03. The third-order valence-corrected chi connectivity index (χ3v) is 3.33. The Morgan fingerprint density at radius 2 is 2.21 bits per heavy atom. The lowest BCUT2D eigenvalue weighted by atomic mass is 10.0. The van der Waals surface area contributed by atoms with Crippen LogP contribution in [0, 0.1) is 0 Å². The molecule has 0 radical (unpaired) electrons. The van der Waals surface area contributed by atoms with Gasteiger partial charge in [0.15, 0.2) is 0 Å². The van der Waals surface area contributed by atoms with Gasteiger partial charge in [0.25, 0.3) is 0 Å². The normalized spacial score (nSPS) is 12.5. The van der Waals surface area contributed by atoms with Crippen molar-refractivity contribution in [1.29, 1.82) is 0 Å². The second-order valence-electron chi connectivity index (χ2n) is 2.95. The Hall–Kier alpha value is -0.480. The first kappa shape index (κ1) is 11.6. The van der Waals surface area contributed by atoms with Crippen molar-refractivity contribution in [2.24, 2.45) is 0 Å². The number of hydrogen-bond acceptors (Lipinski definition) is 2. The quantitative estimate of drug-likeness (QED) is 0.859. The summed E-state index contributed by atoms with van der Waals surface area (Å²) in [5.41, 5.74) is 0.861. The van der Waals surface area contributed by atoms with Crippen LogP contribution in [0.5, 0.6) is 0 Å². The minimum Gasteiger partial charge on any atom is -0.481 e. The number of carboxylic acids is 1. The fourth-order valence-electron chi connectivity index (χ4n) is 1.18. The molecule has 2 nitrogen and oxygen atoms in total. The SMILES string of the molecule is CSc1ccc(Br)cc1C(C)C(=O)O. The van der Waals surface area contributed by atoms with Crippen molar-refractivity contribution < 1.29 is 9.90 Å². The number of hydrogen-bond donors (Lipinski definition) is 1. The predicted octanol–water partition coefficient (Wildman–Crippen LogP) is 3.36. The first-order valence-corrected chi connectivity index (χ1v) is 6.14. The van der Waals surface area contributed by atoms with Crippen molar-refractivity contribution in [1.82, 2.24) is 0 Å². The van der Waals surface area contributed by atoms with Gasteiger partial charge in [-0.15, -0.1) is 11.8 Å². The van der Waals surface area contributed by atoms with E-state index < -0.39 is 11.9 Å². The molecular weight excluding hydrogens is 264 g/mol. The third kappa shape index (κ3) is 2.51. The minimum absolute atomic E-state index is 0.463. The maximum atomic E-state index is 10.9. The van der Waals surface area contributed by atoms with Crippen LogP contribution in [-0.2, 0) is 4.79 Å². The molecule has 0 amide bonds. The van der Waals surface area contributed by atoms with Crippen LogP contribution in [0.2, 0.25) is 0 Å². The van der Waals surface area contributed by atoms with Crippen molar-refractivity contribution in [2.75, 3.05) is 6.26 Å². The van der Waals surface area contributed by atoms with Gasteiger partial charge in [0.05, 0.1) is 5.92 Å². The Balaban J connectivity index is 3.16. The highest BCUT2D eigenvalue weighted by Crippen LogP contribution is 2.29. The molecule has 0 heterocycles. The lowest BCUT2D eigenvalue weighted by Gasteiger charge is -2.11. The fourth-order valence-corrected chi connectivity index (χ4v) is 2.23.